The van der Waals surface area contributed by atoms with Crippen LogP contribution >= 0.6 is 15.9 Å². The molecule has 3 aromatic carbocycles. The Morgan fingerprint density at radius 2 is 1.31 bits per heavy atom. The Morgan fingerprint density at radius 1 is 0.806 bits per heavy atom. The average Bonchev–Trinajstić information content (AvgIpc) is 2.83. The van der Waals surface area contributed by atoms with E-state index in [4.69, 9.17) is 9.47 Å². The van der Waals surface area contributed by atoms with E-state index in [0.717, 1.165) is 15.6 Å². The van der Waals surface area contributed by atoms with Gasteiger partial charge in [-0.1, -0.05) is 88.7 Å². The van der Waals surface area contributed by atoms with Crippen LogP contribution in [0.4, 0.5) is 0 Å². The third-order valence-corrected chi connectivity index (χ3v) is 5.83. The fourth-order valence-electron chi connectivity index (χ4n) is 3.74. The number of nitrogens with one attached hydrogen (secondary N) is 1. The molecule has 0 aliphatic carbocycles. The van der Waals surface area contributed by atoms with Gasteiger partial charge in [-0.05, 0) is 49.6 Å². The molecular weight excluding hydrogens is 522 g/mol. The summed E-state index contributed by atoms with van der Waals surface area (Å²) in [4.78, 5) is 40.0. The molecule has 3 rings (SSSR count). The molecule has 7 heteroatoms. The van der Waals surface area contributed by atoms with Crippen molar-refractivity contribution in [3.05, 3.63) is 106 Å². The van der Waals surface area contributed by atoms with Crippen LogP contribution in [0.1, 0.15) is 50.5 Å². The van der Waals surface area contributed by atoms with Crippen LogP contribution in [0.15, 0.2) is 89.4 Å². The zero-order chi connectivity index (χ0) is 26.3. The van der Waals surface area contributed by atoms with Crippen molar-refractivity contribution in [1.82, 2.24) is 5.32 Å². The first-order valence-electron chi connectivity index (χ1n) is 11.6. The van der Waals surface area contributed by atoms with Gasteiger partial charge < -0.3 is 14.8 Å². The first kappa shape index (κ1) is 27.1. The minimum Gasteiger partial charge on any atom is -0.458 e. The predicted octanol–water partition coefficient (Wildman–Crippen LogP) is 5.54. The fourth-order valence-corrected chi connectivity index (χ4v) is 4.00. The Morgan fingerprint density at radius 3 is 1.75 bits per heavy atom. The highest BCUT2D eigenvalue weighted by molar-refractivity contribution is 9.10. The van der Waals surface area contributed by atoms with Crippen LogP contribution in [0.3, 0.4) is 0 Å². The third kappa shape index (κ3) is 7.04. The molecule has 0 fully saturated rings. The summed E-state index contributed by atoms with van der Waals surface area (Å²) in [5, 5.41) is 2.59. The van der Waals surface area contributed by atoms with Gasteiger partial charge in [0.05, 0.1) is 0 Å². The third-order valence-electron chi connectivity index (χ3n) is 5.30. The van der Waals surface area contributed by atoms with Crippen LogP contribution in [0, 0.1) is 0 Å². The van der Waals surface area contributed by atoms with Crippen LogP contribution in [-0.2, 0) is 30.3 Å². The number of halogens is 1. The maximum Gasteiger partial charge on any atom is 0.345 e. The number of hydrogen-bond acceptors (Lipinski definition) is 5. The Labute approximate surface area is 220 Å². The second kappa shape index (κ2) is 11.5. The number of hydrogen-bond donors (Lipinski definition) is 1. The van der Waals surface area contributed by atoms with Gasteiger partial charge in [-0.3, -0.25) is 4.79 Å². The zero-order valence-corrected chi connectivity index (χ0v) is 22.4. The molecule has 1 unspecified atom stereocenters. The molecule has 0 aliphatic heterocycles. The molecule has 1 N–H and O–H groups in total. The molecule has 0 aliphatic rings. The van der Waals surface area contributed by atoms with Crippen molar-refractivity contribution in [2.24, 2.45) is 0 Å². The normalized spacial score (nSPS) is 12.9. The smallest absolute Gasteiger partial charge is 0.345 e. The molecule has 0 radical (unpaired) electrons. The van der Waals surface area contributed by atoms with Crippen molar-refractivity contribution >= 4 is 33.8 Å². The van der Waals surface area contributed by atoms with Crippen molar-refractivity contribution in [3.8, 4) is 0 Å². The monoisotopic (exact) mass is 551 g/mol. The number of esters is 2. The van der Waals surface area contributed by atoms with Crippen molar-refractivity contribution in [1.29, 1.82) is 0 Å². The number of amides is 1. The van der Waals surface area contributed by atoms with E-state index in [9.17, 15) is 14.4 Å². The number of ether oxygens (including phenoxy) is 2. The van der Waals surface area contributed by atoms with Crippen LogP contribution in [-0.4, -0.2) is 29.0 Å². The van der Waals surface area contributed by atoms with Gasteiger partial charge in [-0.25, -0.2) is 9.59 Å². The van der Waals surface area contributed by atoms with Crippen molar-refractivity contribution < 1.29 is 23.9 Å². The van der Waals surface area contributed by atoms with E-state index in [1.807, 2.05) is 60.7 Å². The first-order valence-corrected chi connectivity index (χ1v) is 12.4. The highest BCUT2D eigenvalue weighted by Crippen LogP contribution is 2.30. The quantitative estimate of drug-likeness (QED) is 0.293. The summed E-state index contributed by atoms with van der Waals surface area (Å²) in [5.41, 5.74) is -0.915. The van der Waals surface area contributed by atoms with Gasteiger partial charge >= 0.3 is 11.9 Å². The van der Waals surface area contributed by atoms with Crippen molar-refractivity contribution in [3.63, 3.8) is 0 Å². The van der Waals surface area contributed by atoms with Crippen LogP contribution in [0.5, 0.6) is 0 Å². The summed E-state index contributed by atoms with van der Waals surface area (Å²) in [7, 11) is 0. The molecule has 0 aromatic heterocycles. The Bertz CT molecular complexity index is 1150. The van der Waals surface area contributed by atoms with Gasteiger partial charge in [0.1, 0.15) is 5.60 Å². The average molecular weight is 552 g/mol. The van der Waals surface area contributed by atoms with Gasteiger partial charge in [0.15, 0.2) is 6.10 Å². The lowest BCUT2D eigenvalue weighted by atomic mass is 9.89. The van der Waals surface area contributed by atoms with E-state index in [-0.39, 0.29) is 6.42 Å². The van der Waals surface area contributed by atoms with E-state index in [1.165, 1.54) is 6.92 Å². The van der Waals surface area contributed by atoms with Gasteiger partial charge in [-0.2, -0.15) is 0 Å². The molecule has 0 bridgehead atoms. The van der Waals surface area contributed by atoms with Crippen LogP contribution < -0.4 is 5.32 Å². The second-order valence-electron chi connectivity index (χ2n) is 9.50. The molecule has 0 spiro atoms. The maximum absolute atomic E-state index is 14.0. The summed E-state index contributed by atoms with van der Waals surface area (Å²) >= 11 is 3.39. The van der Waals surface area contributed by atoms with Gasteiger partial charge in [0, 0.05) is 17.8 Å². The minimum atomic E-state index is -2.10. The fraction of sp³-hybridized carbons (Fsp3) is 0.276. The Hall–Kier alpha value is -3.45. The van der Waals surface area contributed by atoms with Crippen molar-refractivity contribution in [2.45, 2.75) is 51.4 Å². The summed E-state index contributed by atoms with van der Waals surface area (Å²) in [6.07, 6.45) is -0.954. The summed E-state index contributed by atoms with van der Waals surface area (Å²) in [6, 6.07) is 25.6. The Kier molecular flexibility index (Phi) is 8.69. The van der Waals surface area contributed by atoms with E-state index in [2.05, 4.69) is 21.2 Å². The first-order chi connectivity index (χ1) is 17.0. The lowest BCUT2D eigenvalue weighted by Crippen LogP contribution is -2.63. The molecule has 36 heavy (non-hydrogen) atoms. The van der Waals surface area contributed by atoms with Gasteiger partial charge in [0.2, 0.25) is 11.4 Å². The SMILES string of the molecule is CC(=O)NC(Cc1ccc(Br)cc1)(C(=O)OC(c1ccccc1)c1ccccc1)C(=O)OC(C)(C)C. The number of benzene rings is 3. The lowest BCUT2D eigenvalue weighted by Gasteiger charge is -2.34. The largest absolute Gasteiger partial charge is 0.458 e. The molecule has 3 aromatic rings. The molecule has 6 nitrogen and oxygen atoms in total. The summed E-state index contributed by atoms with van der Waals surface area (Å²) in [6.45, 7) is 6.35. The molecule has 1 amide bonds. The number of carbonyl (C=O) groups is 3. The minimum absolute atomic E-state index is 0.149. The lowest BCUT2D eigenvalue weighted by molar-refractivity contribution is -0.177. The molecule has 188 valence electrons. The molecular formula is C29H30BrNO5. The molecule has 0 heterocycles. The van der Waals surface area contributed by atoms with E-state index in [1.54, 1.807) is 45.0 Å². The van der Waals surface area contributed by atoms with Crippen LogP contribution in [0.25, 0.3) is 0 Å². The topological polar surface area (TPSA) is 81.7 Å². The predicted molar refractivity (Wildman–Crippen MR) is 141 cm³/mol. The van der Waals surface area contributed by atoms with Gasteiger partial charge in [-0.15, -0.1) is 0 Å². The van der Waals surface area contributed by atoms with Crippen LogP contribution in [0.2, 0.25) is 0 Å². The van der Waals surface area contributed by atoms with Gasteiger partial charge in [0.25, 0.3) is 0 Å². The summed E-state index contributed by atoms with van der Waals surface area (Å²) in [5.74, 6) is -2.36. The highest BCUT2D eigenvalue weighted by Gasteiger charge is 2.52. The number of rotatable bonds is 8. The van der Waals surface area contributed by atoms with E-state index >= 15 is 0 Å². The maximum atomic E-state index is 14.0. The van der Waals surface area contributed by atoms with Crippen molar-refractivity contribution in [2.75, 3.05) is 0 Å². The number of carbonyl (C=O) groups excluding carboxylic acids is 3. The van der Waals surface area contributed by atoms with E-state index < -0.39 is 35.1 Å². The molecule has 1 atom stereocenters. The standard InChI is InChI=1S/C29H30BrNO5/c1-20(32)31-29(27(34)36-28(2,3)4,19-21-15-17-24(30)18-16-21)26(33)35-25(22-11-7-5-8-12-22)23-13-9-6-10-14-23/h5-18,25H,19H2,1-4H3,(H,31,32). The zero-order valence-electron chi connectivity index (χ0n) is 20.8. The molecule has 0 saturated heterocycles. The Balaban J connectivity index is 2.10. The second-order valence-corrected chi connectivity index (χ2v) is 10.4. The summed E-state index contributed by atoms with van der Waals surface area (Å²) < 4.78 is 12.5. The molecule has 0 saturated carbocycles. The van der Waals surface area contributed by atoms with E-state index in [0.29, 0.717) is 5.56 Å². The highest BCUT2D eigenvalue weighted by atomic mass is 79.9.